The van der Waals surface area contributed by atoms with Gasteiger partial charge >= 0.3 is 0 Å². The lowest BCUT2D eigenvalue weighted by molar-refractivity contribution is -0.126. The average Bonchev–Trinajstić information content (AvgIpc) is 2.46. The van der Waals surface area contributed by atoms with Gasteiger partial charge < -0.3 is 0 Å². The molecule has 1 aliphatic heterocycles. The van der Waals surface area contributed by atoms with Gasteiger partial charge in [0, 0.05) is 12.0 Å². The first-order chi connectivity index (χ1) is 7.45. The SMILES string of the molecule is CC1(c2cccc(F)c2F)CC(=O)NC1=O. The lowest BCUT2D eigenvalue weighted by Gasteiger charge is -2.20. The Bertz CT molecular complexity index is 487. The largest absolute Gasteiger partial charge is 0.296 e. The summed E-state index contributed by atoms with van der Waals surface area (Å²) in [6.45, 7) is 1.42. The molecule has 2 rings (SSSR count). The maximum Gasteiger partial charge on any atom is 0.237 e. The fourth-order valence-electron chi connectivity index (χ4n) is 1.86. The Morgan fingerprint density at radius 3 is 2.56 bits per heavy atom. The van der Waals surface area contributed by atoms with Gasteiger partial charge in [0.1, 0.15) is 0 Å². The van der Waals surface area contributed by atoms with Crippen LogP contribution in [0.3, 0.4) is 0 Å². The minimum absolute atomic E-state index is 0.0872. The molecule has 3 nitrogen and oxygen atoms in total. The molecule has 0 aliphatic carbocycles. The van der Waals surface area contributed by atoms with Crippen LogP contribution in [-0.4, -0.2) is 11.8 Å². The smallest absolute Gasteiger partial charge is 0.237 e. The van der Waals surface area contributed by atoms with Crippen molar-refractivity contribution in [2.75, 3.05) is 0 Å². The van der Waals surface area contributed by atoms with Gasteiger partial charge in [-0.3, -0.25) is 14.9 Å². The molecule has 1 fully saturated rings. The first-order valence-corrected chi connectivity index (χ1v) is 4.74. The van der Waals surface area contributed by atoms with Crippen LogP contribution in [0.4, 0.5) is 8.78 Å². The minimum Gasteiger partial charge on any atom is -0.296 e. The average molecular weight is 225 g/mol. The molecule has 5 heteroatoms. The number of imide groups is 1. The standard InChI is InChI=1S/C11H9F2NO2/c1-11(5-8(15)14-10(11)16)6-3-2-4-7(12)9(6)13/h2-4H,5H2,1H3,(H,14,15,16). The lowest BCUT2D eigenvalue weighted by atomic mass is 9.80. The fourth-order valence-corrected chi connectivity index (χ4v) is 1.86. The Morgan fingerprint density at radius 2 is 2.00 bits per heavy atom. The molecule has 0 saturated carbocycles. The van der Waals surface area contributed by atoms with E-state index in [0.29, 0.717) is 0 Å². The van der Waals surface area contributed by atoms with E-state index >= 15 is 0 Å². The van der Waals surface area contributed by atoms with Crippen molar-refractivity contribution in [3.05, 3.63) is 35.4 Å². The zero-order chi connectivity index (χ0) is 11.9. The molecule has 84 valence electrons. The van der Waals surface area contributed by atoms with Crippen LogP contribution >= 0.6 is 0 Å². The minimum atomic E-state index is -1.32. The van der Waals surface area contributed by atoms with Gasteiger partial charge in [0.2, 0.25) is 11.8 Å². The molecule has 1 N–H and O–H groups in total. The molecule has 0 radical (unpaired) electrons. The normalized spacial score (nSPS) is 24.7. The molecule has 16 heavy (non-hydrogen) atoms. The van der Waals surface area contributed by atoms with Crippen LogP contribution in [0.2, 0.25) is 0 Å². The summed E-state index contributed by atoms with van der Waals surface area (Å²) in [5, 5.41) is 2.09. The van der Waals surface area contributed by atoms with Gasteiger partial charge in [-0.05, 0) is 13.0 Å². The molecule has 1 aromatic carbocycles. The summed E-state index contributed by atoms with van der Waals surface area (Å²) in [5.74, 6) is -3.17. The summed E-state index contributed by atoms with van der Waals surface area (Å²) in [6.07, 6.45) is -0.161. The molecular weight excluding hydrogens is 216 g/mol. The molecule has 0 spiro atoms. The first-order valence-electron chi connectivity index (χ1n) is 4.74. The summed E-state index contributed by atoms with van der Waals surface area (Å²) in [6, 6.07) is 3.60. The van der Waals surface area contributed by atoms with E-state index in [-0.39, 0.29) is 12.0 Å². The van der Waals surface area contributed by atoms with E-state index in [1.807, 2.05) is 0 Å². The van der Waals surface area contributed by atoms with Crippen molar-refractivity contribution in [2.45, 2.75) is 18.8 Å². The molecule has 2 amide bonds. The molecule has 0 bridgehead atoms. The van der Waals surface area contributed by atoms with Crippen LogP contribution in [0.1, 0.15) is 18.9 Å². The number of halogens is 2. The molecular formula is C11H9F2NO2. The summed E-state index contributed by atoms with van der Waals surface area (Å²) >= 11 is 0. The molecule has 1 heterocycles. The topological polar surface area (TPSA) is 46.2 Å². The Kier molecular flexibility index (Phi) is 2.26. The van der Waals surface area contributed by atoms with E-state index in [0.717, 1.165) is 6.07 Å². The number of amides is 2. The summed E-state index contributed by atoms with van der Waals surface area (Å²) in [7, 11) is 0. The highest BCUT2D eigenvalue weighted by Gasteiger charge is 2.45. The highest BCUT2D eigenvalue weighted by molar-refractivity contribution is 6.08. The summed E-state index contributed by atoms with van der Waals surface area (Å²) in [5.41, 5.74) is -1.40. The van der Waals surface area contributed by atoms with E-state index in [2.05, 4.69) is 5.32 Å². The number of hydrogen-bond donors (Lipinski definition) is 1. The molecule has 1 saturated heterocycles. The maximum absolute atomic E-state index is 13.5. The van der Waals surface area contributed by atoms with E-state index < -0.39 is 28.9 Å². The van der Waals surface area contributed by atoms with Crippen molar-refractivity contribution in [3.8, 4) is 0 Å². The predicted octanol–water partition coefficient (Wildman–Crippen LogP) is 1.27. The number of benzene rings is 1. The van der Waals surface area contributed by atoms with Gasteiger partial charge in [-0.1, -0.05) is 12.1 Å². The zero-order valence-electron chi connectivity index (χ0n) is 8.51. The molecule has 1 unspecified atom stereocenters. The van der Waals surface area contributed by atoms with Gasteiger partial charge in [-0.25, -0.2) is 8.78 Å². The second kappa shape index (κ2) is 3.37. The third kappa shape index (κ3) is 1.39. The lowest BCUT2D eigenvalue weighted by Crippen LogP contribution is -2.33. The Labute approximate surface area is 90.5 Å². The Balaban J connectivity index is 2.56. The molecule has 1 aromatic rings. The van der Waals surface area contributed by atoms with Gasteiger partial charge in [0.25, 0.3) is 0 Å². The van der Waals surface area contributed by atoms with E-state index in [9.17, 15) is 18.4 Å². The van der Waals surface area contributed by atoms with E-state index in [1.165, 1.54) is 19.1 Å². The van der Waals surface area contributed by atoms with Gasteiger partial charge in [0.05, 0.1) is 5.41 Å². The number of nitrogens with one attached hydrogen (secondary N) is 1. The van der Waals surface area contributed by atoms with Crippen molar-refractivity contribution < 1.29 is 18.4 Å². The number of hydrogen-bond acceptors (Lipinski definition) is 2. The van der Waals surface area contributed by atoms with Crippen LogP contribution in [0.15, 0.2) is 18.2 Å². The van der Waals surface area contributed by atoms with Crippen molar-refractivity contribution in [1.29, 1.82) is 0 Å². The zero-order valence-corrected chi connectivity index (χ0v) is 8.51. The van der Waals surface area contributed by atoms with Crippen molar-refractivity contribution in [3.63, 3.8) is 0 Å². The quantitative estimate of drug-likeness (QED) is 0.731. The molecule has 1 aliphatic rings. The Hall–Kier alpha value is -1.78. The van der Waals surface area contributed by atoms with Gasteiger partial charge in [-0.2, -0.15) is 0 Å². The van der Waals surface area contributed by atoms with Crippen LogP contribution in [-0.2, 0) is 15.0 Å². The van der Waals surface area contributed by atoms with E-state index in [1.54, 1.807) is 0 Å². The van der Waals surface area contributed by atoms with Crippen molar-refractivity contribution in [1.82, 2.24) is 5.32 Å². The predicted molar refractivity (Wildman–Crippen MR) is 51.5 cm³/mol. The summed E-state index contributed by atoms with van der Waals surface area (Å²) in [4.78, 5) is 22.6. The maximum atomic E-state index is 13.5. The second-order valence-electron chi connectivity index (χ2n) is 3.99. The van der Waals surface area contributed by atoms with Gasteiger partial charge in [-0.15, -0.1) is 0 Å². The monoisotopic (exact) mass is 225 g/mol. The third-order valence-electron chi connectivity index (χ3n) is 2.81. The van der Waals surface area contributed by atoms with Crippen LogP contribution in [0.5, 0.6) is 0 Å². The Morgan fingerprint density at radius 1 is 1.31 bits per heavy atom. The van der Waals surface area contributed by atoms with Crippen molar-refractivity contribution >= 4 is 11.8 Å². The van der Waals surface area contributed by atoms with Crippen LogP contribution in [0, 0.1) is 11.6 Å². The molecule has 1 atom stereocenters. The number of carbonyl (C=O) groups excluding carboxylic acids is 2. The van der Waals surface area contributed by atoms with Gasteiger partial charge in [0.15, 0.2) is 11.6 Å². The highest BCUT2D eigenvalue weighted by atomic mass is 19.2. The molecule has 0 aromatic heterocycles. The third-order valence-corrected chi connectivity index (χ3v) is 2.81. The van der Waals surface area contributed by atoms with E-state index in [4.69, 9.17) is 0 Å². The second-order valence-corrected chi connectivity index (χ2v) is 3.99. The fraction of sp³-hybridized carbons (Fsp3) is 0.273. The number of carbonyl (C=O) groups is 2. The first kappa shape index (κ1) is 10.7. The number of rotatable bonds is 1. The summed E-state index contributed by atoms with van der Waals surface area (Å²) < 4.78 is 26.6. The van der Waals surface area contributed by atoms with Crippen LogP contribution in [0.25, 0.3) is 0 Å². The van der Waals surface area contributed by atoms with Crippen LogP contribution < -0.4 is 5.32 Å². The van der Waals surface area contributed by atoms with Crippen molar-refractivity contribution in [2.24, 2.45) is 0 Å². The highest BCUT2D eigenvalue weighted by Crippen LogP contribution is 2.34.